The number of anilines is 1. The Bertz CT molecular complexity index is 853. The lowest BCUT2D eigenvalue weighted by atomic mass is 9.73. The third-order valence-electron chi connectivity index (χ3n) is 5.25. The van der Waals surface area contributed by atoms with Crippen molar-refractivity contribution in [1.82, 2.24) is 14.8 Å². The molecule has 0 aliphatic carbocycles. The molecule has 6 nitrogen and oxygen atoms in total. The summed E-state index contributed by atoms with van der Waals surface area (Å²) in [6.07, 6.45) is 1.30. The first-order valence-electron chi connectivity index (χ1n) is 8.79. The van der Waals surface area contributed by atoms with Crippen LogP contribution in [-0.2, 0) is 16.8 Å². The first-order chi connectivity index (χ1) is 12.5. The summed E-state index contributed by atoms with van der Waals surface area (Å²) in [6, 6.07) is 7.88. The minimum Gasteiger partial charge on any atom is -0.337 e. The minimum atomic E-state index is -0.495. The summed E-state index contributed by atoms with van der Waals surface area (Å²) in [7, 11) is 3.97. The van der Waals surface area contributed by atoms with Crippen molar-refractivity contribution in [2.24, 2.45) is 0 Å². The van der Waals surface area contributed by atoms with Crippen molar-refractivity contribution >= 4 is 28.8 Å². The maximum absolute atomic E-state index is 12.8. The molecule has 1 spiro atoms. The smallest absolute Gasteiger partial charge is 0.273 e. The Morgan fingerprint density at radius 2 is 2.04 bits per heavy atom. The van der Waals surface area contributed by atoms with Gasteiger partial charge in [0.2, 0.25) is 5.91 Å². The van der Waals surface area contributed by atoms with Gasteiger partial charge in [0.05, 0.1) is 5.41 Å². The fraction of sp³-hybridized carbons (Fsp3) is 0.421. The van der Waals surface area contributed by atoms with E-state index >= 15 is 0 Å². The molecule has 1 N–H and O–H groups in total. The van der Waals surface area contributed by atoms with E-state index in [1.807, 2.05) is 53.5 Å². The number of hydrogen-bond acceptors (Lipinski definition) is 5. The predicted molar refractivity (Wildman–Crippen MR) is 101 cm³/mol. The van der Waals surface area contributed by atoms with Crippen molar-refractivity contribution in [1.29, 1.82) is 0 Å². The van der Waals surface area contributed by atoms with E-state index in [2.05, 4.69) is 10.3 Å². The number of thiazole rings is 1. The molecule has 4 rings (SSSR count). The highest BCUT2D eigenvalue weighted by Gasteiger charge is 2.48. The van der Waals surface area contributed by atoms with Crippen molar-refractivity contribution in [2.45, 2.75) is 24.8 Å². The Labute approximate surface area is 156 Å². The van der Waals surface area contributed by atoms with Gasteiger partial charge in [-0.25, -0.2) is 4.98 Å². The SMILES string of the molecule is CN(C)Cc1nc(C(=O)N2CCC3(CC2)C(=O)Nc2ccccc23)cs1. The van der Waals surface area contributed by atoms with E-state index in [4.69, 9.17) is 0 Å². The van der Waals surface area contributed by atoms with Gasteiger partial charge in [-0.3, -0.25) is 9.59 Å². The van der Waals surface area contributed by atoms with Gasteiger partial charge in [0.15, 0.2) is 0 Å². The standard InChI is InChI=1S/C19H22N4O2S/c1-22(2)11-16-20-15(12-26-16)17(24)23-9-7-19(8-10-23)13-5-3-4-6-14(13)21-18(19)25/h3-6,12H,7-11H2,1-2H3,(H,21,25). The van der Waals surface area contributed by atoms with Crippen LogP contribution in [0, 0.1) is 0 Å². The number of hydrogen-bond donors (Lipinski definition) is 1. The summed E-state index contributed by atoms with van der Waals surface area (Å²) in [5.41, 5.74) is 1.99. The lowest BCUT2D eigenvalue weighted by Crippen LogP contribution is -2.48. The maximum atomic E-state index is 12.8. The topological polar surface area (TPSA) is 65.5 Å². The Balaban J connectivity index is 1.48. The van der Waals surface area contributed by atoms with Crippen molar-refractivity contribution in [2.75, 3.05) is 32.5 Å². The average molecular weight is 370 g/mol. The van der Waals surface area contributed by atoms with E-state index in [9.17, 15) is 9.59 Å². The Morgan fingerprint density at radius 1 is 1.31 bits per heavy atom. The molecule has 0 radical (unpaired) electrons. The van der Waals surface area contributed by atoms with Crippen LogP contribution >= 0.6 is 11.3 Å². The second-order valence-corrected chi connectivity index (χ2v) is 8.18. The molecule has 0 saturated carbocycles. The molecule has 2 aliphatic heterocycles. The van der Waals surface area contributed by atoms with Gasteiger partial charge in [0.25, 0.3) is 5.91 Å². The molecule has 2 aliphatic rings. The van der Waals surface area contributed by atoms with Crippen molar-refractivity contribution in [3.8, 4) is 0 Å². The molecule has 7 heteroatoms. The number of nitrogens with one attached hydrogen (secondary N) is 1. The number of para-hydroxylation sites is 1. The number of fused-ring (bicyclic) bond motifs is 2. The molecule has 2 amide bonds. The lowest BCUT2D eigenvalue weighted by Gasteiger charge is -2.37. The quantitative estimate of drug-likeness (QED) is 0.901. The van der Waals surface area contributed by atoms with Crippen LogP contribution in [0.3, 0.4) is 0 Å². The van der Waals surface area contributed by atoms with Crippen LogP contribution in [0.4, 0.5) is 5.69 Å². The molecule has 2 aromatic rings. The largest absolute Gasteiger partial charge is 0.337 e. The number of aromatic nitrogens is 1. The average Bonchev–Trinajstić information content (AvgIpc) is 3.19. The molecule has 136 valence electrons. The number of benzene rings is 1. The third kappa shape index (κ3) is 2.81. The zero-order valence-electron chi connectivity index (χ0n) is 15.0. The third-order valence-corrected chi connectivity index (χ3v) is 6.09. The van der Waals surface area contributed by atoms with Crippen LogP contribution in [0.25, 0.3) is 0 Å². The summed E-state index contributed by atoms with van der Waals surface area (Å²) in [6.45, 7) is 1.88. The van der Waals surface area contributed by atoms with Gasteiger partial charge in [-0.2, -0.15) is 0 Å². The zero-order valence-corrected chi connectivity index (χ0v) is 15.8. The Kier molecular flexibility index (Phi) is 4.28. The molecular weight excluding hydrogens is 348 g/mol. The van der Waals surface area contributed by atoms with Gasteiger partial charge >= 0.3 is 0 Å². The lowest BCUT2D eigenvalue weighted by molar-refractivity contribution is -0.122. The monoisotopic (exact) mass is 370 g/mol. The summed E-state index contributed by atoms with van der Waals surface area (Å²) in [4.78, 5) is 33.8. The number of rotatable bonds is 3. The van der Waals surface area contributed by atoms with Gasteiger partial charge in [0, 0.05) is 30.7 Å². The van der Waals surface area contributed by atoms with Gasteiger partial charge in [-0.1, -0.05) is 18.2 Å². The van der Waals surface area contributed by atoms with E-state index in [1.165, 1.54) is 11.3 Å². The van der Waals surface area contributed by atoms with E-state index in [0.29, 0.717) is 31.6 Å². The molecule has 1 saturated heterocycles. The highest BCUT2D eigenvalue weighted by Crippen LogP contribution is 2.44. The van der Waals surface area contributed by atoms with Gasteiger partial charge in [-0.15, -0.1) is 11.3 Å². The van der Waals surface area contributed by atoms with E-state index in [1.54, 1.807) is 0 Å². The number of likely N-dealkylation sites (tertiary alicyclic amines) is 1. The molecule has 1 aromatic heterocycles. The van der Waals surface area contributed by atoms with E-state index in [-0.39, 0.29) is 11.8 Å². The molecule has 0 unspecified atom stereocenters. The molecule has 3 heterocycles. The minimum absolute atomic E-state index is 0.0344. The van der Waals surface area contributed by atoms with E-state index in [0.717, 1.165) is 22.8 Å². The molecule has 1 fully saturated rings. The number of nitrogens with zero attached hydrogens (tertiary/aromatic N) is 3. The Morgan fingerprint density at radius 3 is 2.77 bits per heavy atom. The summed E-state index contributed by atoms with van der Waals surface area (Å²) in [5.74, 6) is 0.0283. The van der Waals surface area contributed by atoms with E-state index < -0.39 is 5.41 Å². The normalized spacial score (nSPS) is 18.3. The highest BCUT2D eigenvalue weighted by molar-refractivity contribution is 7.09. The van der Waals surface area contributed by atoms with Crippen LogP contribution in [0.2, 0.25) is 0 Å². The number of amides is 2. The van der Waals surface area contributed by atoms with Gasteiger partial charge in [0.1, 0.15) is 10.7 Å². The second kappa shape index (κ2) is 6.48. The molecular formula is C19H22N4O2S. The van der Waals surface area contributed by atoms with Gasteiger partial charge < -0.3 is 15.1 Å². The summed E-state index contributed by atoms with van der Waals surface area (Å²) in [5, 5.41) is 5.77. The van der Waals surface area contributed by atoms with Crippen LogP contribution < -0.4 is 5.32 Å². The highest BCUT2D eigenvalue weighted by atomic mass is 32.1. The Hall–Kier alpha value is -2.25. The van der Waals surface area contributed by atoms with Crippen LogP contribution in [-0.4, -0.2) is 53.8 Å². The van der Waals surface area contributed by atoms with Crippen LogP contribution in [0.1, 0.15) is 33.9 Å². The number of carbonyl (C=O) groups is 2. The predicted octanol–water partition coefficient (Wildman–Crippen LogP) is 2.33. The number of carbonyl (C=O) groups excluding carboxylic acids is 2. The maximum Gasteiger partial charge on any atom is 0.273 e. The second-order valence-electron chi connectivity index (χ2n) is 7.24. The molecule has 0 atom stereocenters. The van der Waals surface area contributed by atoms with Crippen molar-refractivity contribution in [3.05, 3.63) is 45.9 Å². The summed E-state index contributed by atoms with van der Waals surface area (Å²) >= 11 is 1.52. The first-order valence-corrected chi connectivity index (χ1v) is 9.67. The zero-order chi connectivity index (χ0) is 18.3. The first kappa shape index (κ1) is 17.2. The van der Waals surface area contributed by atoms with Crippen molar-refractivity contribution in [3.63, 3.8) is 0 Å². The van der Waals surface area contributed by atoms with Crippen LogP contribution in [0.5, 0.6) is 0 Å². The fourth-order valence-corrected chi connectivity index (χ4v) is 4.76. The molecule has 0 bridgehead atoms. The molecule has 1 aromatic carbocycles. The van der Waals surface area contributed by atoms with Gasteiger partial charge in [-0.05, 0) is 38.6 Å². The number of piperidine rings is 1. The fourth-order valence-electron chi connectivity index (χ4n) is 3.88. The van der Waals surface area contributed by atoms with Crippen LogP contribution in [0.15, 0.2) is 29.6 Å². The molecule has 26 heavy (non-hydrogen) atoms. The summed E-state index contributed by atoms with van der Waals surface area (Å²) < 4.78 is 0. The van der Waals surface area contributed by atoms with Crippen molar-refractivity contribution < 1.29 is 9.59 Å².